The largest absolute Gasteiger partial charge is 0.313 e. The van der Waals surface area contributed by atoms with Gasteiger partial charge in [0, 0.05) is 26.5 Å². The maximum Gasteiger partial charge on any atom is 0.0337 e. The van der Waals surface area contributed by atoms with E-state index in [-0.39, 0.29) is 0 Å². The summed E-state index contributed by atoms with van der Waals surface area (Å²) in [6.07, 6.45) is 0. The molecule has 2 aromatic rings. The topological polar surface area (TPSA) is 12.0 Å². The van der Waals surface area contributed by atoms with Gasteiger partial charge in [-0.1, -0.05) is 19.1 Å². The number of hydrogen-bond donors (Lipinski definition) is 1. The van der Waals surface area contributed by atoms with Crippen molar-refractivity contribution in [2.45, 2.75) is 24.1 Å². The average molecular weight is 342 g/mol. The van der Waals surface area contributed by atoms with Crippen LogP contribution in [0.15, 0.2) is 45.1 Å². The zero-order chi connectivity index (χ0) is 12.8. The van der Waals surface area contributed by atoms with Crippen molar-refractivity contribution in [3.63, 3.8) is 0 Å². The molecule has 96 valence electrons. The fraction of sp³-hybridized carbons (Fsp3) is 0.286. The molecule has 1 aromatic heterocycles. The van der Waals surface area contributed by atoms with Crippen molar-refractivity contribution in [1.29, 1.82) is 0 Å². The van der Waals surface area contributed by atoms with Crippen molar-refractivity contribution in [1.82, 2.24) is 5.32 Å². The van der Waals surface area contributed by atoms with Crippen molar-refractivity contribution >= 4 is 39.0 Å². The van der Waals surface area contributed by atoms with Crippen LogP contribution in [-0.2, 0) is 12.3 Å². The number of benzene rings is 1. The minimum absolute atomic E-state index is 0.952. The van der Waals surface area contributed by atoms with E-state index in [1.807, 2.05) is 11.8 Å². The summed E-state index contributed by atoms with van der Waals surface area (Å²) in [6.45, 7) is 4.10. The van der Waals surface area contributed by atoms with Gasteiger partial charge >= 0.3 is 0 Å². The van der Waals surface area contributed by atoms with Crippen LogP contribution in [0.5, 0.6) is 0 Å². The van der Waals surface area contributed by atoms with Gasteiger partial charge in [0.1, 0.15) is 0 Å². The molecule has 1 aromatic carbocycles. The molecule has 0 radical (unpaired) electrons. The predicted octanol–water partition coefficient (Wildman–Crippen LogP) is 4.91. The van der Waals surface area contributed by atoms with E-state index in [4.69, 9.17) is 0 Å². The summed E-state index contributed by atoms with van der Waals surface area (Å²) in [7, 11) is 0. The van der Waals surface area contributed by atoms with E-state index < -0.39 is 0 Å². The molecule has 1 nitrogen and oxygen atoms in total. The Labute approximate surface area is 125 Å². The van der Waals surface area contributed by atoms with E-state index in [1.54, 1.807) is 11.3 Å². The molecular weight excluding hydrogens is 326 g/mol. The molecule has 2 rings (SSSR count). The maximum absolute atomic E-state index is 3.58. The molecular formula is C14H16BrNS2. The van der Waals surface area contributed by atoms with Crippen molar-refractivity contribution in [3.8, 4) is 0 Å². The Bertz CT molecular complexity index is 496. The summed E-state index contributed by atoms with van der Waals surface area (Å²) < 4.78 is 1.23. The van der Waals surface area contributed by atoms with Gasteiger partial charge in [-0.05, 0) is 51.6 Å². The average Bonchev–Trinajstić information content (AvgIpc) is 2.80. The van der Waals surface area contributed by atoms with Crippen LogP contribution >= 0.6 is 39.0 Å². The Morgan fingerprint density at radius 2 is 2.22 bits per heavy atom. The highest BCUT2D eigenvalue weighted by molar-refractivity contribution is 9.10. The zero-order valence-electron chi connectivity index (χ0n) is 10.3. The molecule has 0 saturated carbocycles. The number of rotatable bonds is 6. The van der Waals surface area contributed by atoms with Crippen molar-refractivity contribution in [2.24, 2.45) is 0 Å². The highest BCUT2D eigenvalue weighted by Gasteiger charge is 2.03. The van der Waals surface area contributed by atoms with Crippen LogP contribution in [0.2, 0.25) is 0 Å². The Kier molecular flexibility index (Phi) is 5.76. The second-order valence-electron chi connectivity index (χ2n) is 3.91. The van der Waals surface area contributed by atoms with E-state index in [0.29, 0.717) is 0 Å². The molecule has 0 aliphatic heterocycles. The molecule has 0 amide bonds. The zero-order valence-corrected chi connectivity index (χ0v) is 13.5. The Hall–Kier alpha value is -0.290. The normalized spacial score (nSPS) is 10.8. The van der Waals surface area contributed by atoms with Gasteiger partial charge in [-0.3, -0.25) is 0 Å². The van der Waals surface area contributed by atoms with Crippen LogP contribution in [0.25, 0.3) is 0 Å². The predicted molar refractivity (Wildman–Crippen MR) is 85.4 cm³/mol. The number of halogens is 1. The molecule has 1 N–H and O–H groups in total. The maximum atomic E-state index is 3.58. The minimum Gasteiger partial charge on any atom is -0.313 e. The first-order chi connectivity index (χ1) is 8.79. The molecule has 0 aliphatic rings. The molecule has 0 aliphatic carbocycles. The van der Waals surface area contributed by atoms with E-state index in [9.17, 15) is 0 Å². The summed E-state index contributed by atoms with van der Waals surface area (Å²) in [5.41, 5.74) is 1.35. The van der Waals surface area contributed by atoms with Crippen molar-refractivity contribution < 1.29 is 0 Å². The van der Waals surface area contributed by atoms with Gasteiger partial charge < -0.3 is 5.32 Å². The third-order valence-corrected chi connectivity index (χ3v) is 5.67. The first kappa shape index (κ1) is 14.1. The number of nitrogens with one attached hydrogen (secondary N) is 1. The molecule has 0 saturated heterocycles. The molecule has 0 bridgehead atoms. The monoisotopic (exact) mass is 341 g/mol. The van der Waals surface area contributed by atoms with Crippen LogP contribution in [-0.4, -0.2) is 6.54 Å². The SMILES string of the molecule is CCNCc1cccc(SCc2sccc2Br)c1. The molecule has 1 heterocycles. The third kappa shape index (κ3) is 4.12. The molecule has 0 unspecified atom stereocenters. The van der Waals surface area contributed by atoms with Gasteiger partial charge in [0.15, 0.2) is 0 Å². The molecule has 0 fully saturated rings. The molecule has 0 spiro atoms. The van der Waals surface area contributed by atoms with Gasteiger partial charge in [-0.2, -0.15) is 0 Å². The highest BCUT2D eigenvalue weighted by Crippen LogP contribution is 2.30. The summed E-state index contributed by atoms with van der Waals surface area (Å²) in [5.74, 6) is 1.03. The first-order valence-electron chi connectivity index (χ1n) is 5.94. The van der Waals surface area contributed by atoms with E-state index >= 15 is 0 Å². The first-order valence-corrected chi connectivity index (χ1v) is 8.59. The van der Waals surface area contributed by atoms with E-state index in [0.717, 1.165) is 18.8 Å². The highest BCUT2D eigenvalue weighted by atomic mass is 79.9. The number of thiophene rings is 1. The summed E-state index contributed by atoms with van der Waals surface area (Å²) in [4.78, 5) is 2.74. The molecule has 0 atom stereocenters. The van der Waals surface area contributed by atoms with Crippen molar-refractivity contribution in [2.75, 3.05) is 6.54 Å². The molecule has 4 heteroatoms. The van der Waals surface area contributed by atoms with Crippen LogP contribution in [0, 0.1) is 0 Å². The van der Waals surface area contributed by atoms with Gasteiger partial charge in [0.25, 0.3) is 0 Å². The van der Waals surface area contributed by atoms with Crippen molar-refractivity contribution in [3.05, 3.63) is 50.6 Å². The quantitative estimate of drug-likeness (QED) is 0.749. The van der Waals surface area contributed by atoms with E-state index in [2.05, 4.69) is 63.9 Å². The minimum atomic E-state index is 0.952. The second-order valence-corrected chi connectivity index (χ2v) is 6.81. The van der Waals surface area contributed by atoms with Gasteiger partial charge in [0.2, 0.25) is 0 Å². The van der Waals surface area contributed by atoms with Gasteiger partial charge in [0.05, 0.1) is 0 Å². The third-order valence-electron chi connectivity index (χ3n) is 2.54. The number of hydrogen-bond acceptors (Lipinski definition) is 3. The number of thioether (sulfide) groups is 1. The fourth-order valence-corrected chi connectivity index (χ4v) is 4.37. The summed E-state index contributed by atoms with van der Waals surface area (Å²) in [6, 6.07) is 10.9. The fourth-order valence-electron chi connectivity index (χ4n) is 1.59. The van der Waals surface area contributed by atoms with Gasteiger partial charge in [-0.15, -0.1) is 23.1 Å². The second kappa shape index (κ2) is 7.34. The molecule has 18 heavy (non-hydrogen) atoms. The van der Waals surface area contributed by atoms with Crippen LogP contribution < -0.4 is 5.32 Å². The smallest absolute Gasteiger partial charge is 0.0337 e. The van der Waals surface area contributed by atoms with Crippen LogP contribution in [0.3, 0.4) is 0 Å². The lowest BCUT2D eigenvalue weighted by Crippen LogP contribution is -2.11. The standard InChI is InChI=1S/C14H16BrNS2/c1-2-16-9-11-4-3-5-12(8-11)18-10-14-13(15)6-7-17-14/h3-8,16H,2,9-10H2,1H3. The summed E-state index contributed by atoms with van der Waals surface area (Å²) >= 11 is 7.27. The Morgan fingerprint density at radius 1 is 1.33 bits per heavy atom. The lowest BCUT2D eigenvalue weighted by atomic mass is 10.2. The Morgan fingerprint density at radius 3 is 2.94 bits per heavy atom. The van der Waals surface area contributed by atoms with E-state index in [1.165, 1.54) is 19.8 Å². The summed E-state index contributed by atoms with van der Waals surface area (Å²) in [5, 5.41) is 5.48. The van der Waals surface area contributed by atoms with Gasteiger partial charge in [-0.25, -0.2) is 0 Å². The van der Waals surface area contributed by atoms with Crippen LogP contribution in [0.4, 0.5) is 0 Å². The Balaban J connectivity index is 1.95. The lowest BCUT2D eigenvalue weighted by molar-refractivity contribution is 0.725. The lowest BCUT2D eigenvalue weighted by Gasteiger charge is -2.05. The van der Waals surface area contributed by atoms with Crippen LogP contribution in [0.1, 0.15) is 17.4 Å².